The Hall–Kier alpha value is -2.52. The highest BCUT2D eigenvalue weighted by molar-refractivity contribution is 8.16. The number of benzene rings is 2. The standard InChI is InChI=1S/C22H24N2O5S2/c1-3-29-17-10-8-16(9-11-17)24-18-13-31(26,27)14-20(18)30-22(24)23-21(25)12-15-6-4-5-7-19(15)28-2/h4-11,18,20H,3,12-14H2,1-2H3/t18-,20+/m0/s1. The van der Waals surface area contributed by atoms with E-state index in [4.69, 9.17) is 9.47 Å². The van der Waals surface area contributed by atoms with E-state index in [1.807, 2.05) is 60.4 Å². The van der Waals surface area contributed by atoms with Gasteiger partial charge < -0.3 is 14.4 Å². The maximum Gasteiger partial charge on any atom is 0.252 e. The third-order valence-electron chi connectivity index (χ3n) is 5.25. The minimum absolute atomic E-state index is 0.0532. The summed E-state index contributed by atoms with van der Waals surface area (Å²) in [7, 11) is -1.55. The van der Waals surface area contributed by atoms with Crippen LogP contribution >= 0.6 is 11.8 Å². The highest BCUT2D eigenvalue weighted by Crippen LogP contribution is 2.41. The van der Waals surface area contributed by atoms with E-state index in [-0.39, 0.29) is 35.1 Å². The lowest BCUT2D eigenvalue weighted by molar-refractivity contribution is -0.117. The van der Waals surface area contributed by atoms with Crippen LogP contribution in [0.5, 0.6) is 11.5 Å². The predicted molar refractivity (Wildman–Crippen MR) is 123 cm³/mol. The van der Waals surface area contributed by atoms with Gasteiger partial charge in [-0.2, -0.15) is 4.99 Å². The fraction of sp³-hybridized carbons (Fsp3) is 0.364. The SMILES string of the molecule is CCOc1ccc(N2C(=NC(=O)Cc3ccccc3OC)S[C@@H]3CS(=O)(=O)C[C@@H]32)cc1. The maximum atomic E-state index is 12.8. The van der Waals surface area contributed by atoms with Gasteiger partial charge in [0.15, 0.2) is 15.0 Å². The lowest BCUT2D eigenvalue weighted by Gasteiger charge is -2.24. The van der Waals surface area contributed by atoms with Gasteiger partial charge in [0.25, 0.3) is 5.91 Å². The molecule has 9 heteroatoms. The van der Waals surface area contributed by atoms with Crippen molar-refractivity contribution >= 4 is 38.4 Å². The highest BCUT2D eigenvalue weighted by Gasteiger charge is 2.49. The first kappa shape index (κ1) is 21.7. The minimum Gasteiger partial charge on any atom is -0.496 e. The van der Waals surface area contributed by atoms with Gasteiger partial charge in [0.2, 0.25) is 0 Å². The average molecular weight is 461 g/mol. The first-order valence-electron chi connectivity index (χ1n) is 10.0. The third-order valence-corrected chi connectivity index (χ3v) is 8.46. The minimum atomic E-state index is -3.12. The van der Waals surface area contributed by atoms with E-state index in [1.54, 1.807) is 7.11 Å². The van der Waals surface area contributed by atoms with Gasteiger partial charge in [-0.05, 0) is 37.3 Å². The number of amides is 1. The molecule has 2 fully saturated rings. The molecule has 0 radical (unpaired) electrons. The third kappa shape index (κ3) is 4.72. The van der Waals surface area contributed by atoms with Crippen molar-refractivity contribution < 1.29 is 22.7 Å². The number of thioether (sulfide) groups is 1. The summed E-state index contributed by atoms with van der Waals surface area (Å²) in [6.07, 6.45) is 0.110. The number of hydrogen-bond donors (Lipinski definition) is 0. The van der Waals surface area contributed by atoms with Crippen molar-refractivity contribution in [3.63, 3.8) is 0 Å². The number of carbonyl (C=O) groups excluding carboxylic acids is 1. The van der Waals surface area contributed by atoms with Crippen molar-refractivity contribution in [3.05, 3.63) is 54.1 Å². The Morgan fingerprint density at radius 3 is 2.61 bits per heavy atom. The molecule has 0 unspecified atom stereocenters. The number of nitrogens with zero attached hydrogens (tertiary/aromatic N) is 2. The van der Waals surface area contributed by atoms with E-state index in [1.165, 1.54) is 11.8 Å². The number of hydrogen-bond acceptors (Lipinski definition) is 6. The fourth-order valence-electron chi connectivity index (χ4n) is 3.89. The van der Waals surface area contributed by atoms with Gasteiger partial charge in [-0.25, -0.2) is 8.42 Å². The molecule has 2 aliphatic heterocycles. The van der Waals surface area contributed by atoms with Gasteiger partial charge in [-0.3, -0.25) is 4.79 Å². The molecule has 4 rings (SSSR count). The molecule has 0 spiro atoms. The highest BCUT2D eigenvalue weighted by atomic mass is 32.2. The second-order valence-corrected chi connectivity index (χ2v) is 10.7. The number of anilines is 1. The summed E-state index contributed by atoms with van der Waals surface area (Å²) in [5, 5.41) is 0.392. The van der Waals surface area contributed by atoms with Crippen molar-refractivity contribution in [2.24, 2.45) is 4.99 Å². The van der Waals surface area contributed by atoms with Crippen LogP contribution in [-0.4, -0.2) is 56.0 Å². The molecule has 2 aliphatic rings. The molecule has 2 atom stereocenters. The van der Waals surface area contributed by atoms with Crippen molar-refractivity contribution in [2.45, 2.75) is 24.6 Å². The van der Waals surface area contributed by atoms with Gasteiger partial charge in [0.1, 0.15) is 11.5 Å². The van der Waals surface area contributed by atoms with E-state index < -0.39 is 9.84 Å². The molecule has 0 saturated carbocycles. The van der Waals surface area contributed by atoms with Crippen LogP contribution in [0.4, 0.5) is 5.69 Å². The zero-order valence-electron chi connectivity index (χ0n) is 17.4. The number of aliphatic imine (C=N–C) groups is 1. The van der Waals surface area contributed by atoms with Crippen molar-refractivity contribution in [1.29, 1.82) is 0 Å². The molecular formula is C22H24N2O5S2. The lowest BCUT2D eigenvalue weighted by Crippen LogP contribution is -2.37. The normalized spacial score (nSPS) is 23.0. The number of methoxy groups -OCH3 is 1. The number of carbonyl (C=O) groups is 1. The number of sulfone groups is 1. The Labute approximate surface area is 186 Å². The fourth-order valence-corrected chi connectivity index (χ4v) is 7.83. The second-order valence-electron chi connectivity index (χ2n) is 7.37. The summed E-state index contributed by atoms with van der Waals surface area (Å²) in [6.45, 7) is 2.48. The Bertz CT molecular complexity index is 1100. The summed E-state index contributed by atoms with van der Waals surface area (Å²) in [4.78, 5) is 19.0. The van der Waals surface area contributed by atoms with Gasteiger partial charge in [0.05, 0.1) is 37.7 Å². The van der Waals surface area contributed by atoms with Gasteiger partial charge in [-0.15, -0.1) is 0 Å². The van der Waals surface area contributed by atoms with Crippen LogP contribution in [0.25, 0.3) is 0 Å². The average Bonchev–Trinajstić information content (AvgIpc) is 3.20. The predicted octanol–water partition coefficient (Wildman–Crippen LogP) is 2.94. The van der Waals surface area contributed by atoms with Gasteiger partial charge in [0, 0.05) is 16.5 Å². The molecule has 0 bridgehead atoms. The van der Waals surface area contributed by atoms with E-state index in [2.05, 4.69) is 4.99 Å². The van der Waals surface area contributed by atoms with Crippen molar-refractivity contribution in [1.82, 2.24) is 0 Å². The first-order chi connectivity index (χ1) is 14.9. The molecule has 164 valence electrons. The molecule has 2 heterocycles. The molecular weight excluding hydrogens is 436 g/mol. The summed E-state index contributed by atoms with van der Waals surface area (Å²) in [5.41, 5.74) is 1.56. The van der Waals surface area contributed by atoms with Crippen molar-refractivity contribution in [3.8, 4) is 11.5 Å². The Morgan fingerprint density at radius 2 is 1.90 bits per heavy atom. The van der Waals surface area contributed by atoms with Gasteiger partial charge in [-0.1, -0.05) is 30.0 Å². The molecule has 0 aliphatic carbocycles. The number of para-hydroxylation sites is 1. The number of ether oxygens (including phenoxy) is 2. The lowest BCUT2D eigenvalue weighted by atomic mass is 10.1. The van der Waals surface area contributed by atoms with Crippen molar-refractivity contribution in [2.75, 3.05) is 30.1 Å². The monoisotopic (exact) mass is 460 g/mol. The molecule has 0 N–H and O–H groups in total. The summed E-state index contributed by atoms with van der Waals surface area (Å²) < 4.78 is 35.3. The number of amidine groups is 1. The molecule has 0 aromatic heterocycles. The van der Waals surface area contributed by atoms with Crippen LogP contribution in [0.3, 0.4) is 0 Å². The van der Waals surface area contributed by atoms with Crippen LogP contribution in [0.1, 0.15) is 12.5 Å². The van der Waals surface area contributed by atoms with E-state index >= 15 is 0 Å². The Balaban J connectivity index is 1.62. The molecule has 2 aromatic carbocycles. The molecule has 31 heavy (non-hydrogen) atoms. The Kier molecular flexibility index (Phi) is 6.24. The zero-order chi connectivity index (χ0) is 22.0. The summed E-state index contributed by atoms with van der Waals surface area (Å²) in [5.74, 6) is 1.22. The first-order valence-corrected chi connectivity index (χ1v) is 12.7. The summed E-state index contributed by atoms with van der Waals surface area (Å²) >= 11 is 1.36. The van der Waals surface area contributed by atoms with E-state index in [0.29, 0.717) is 17.5 Å². The van der Waals surface area contributed by atoms with Crippen LogP contribution < -0.4 is 14.4 Å². The molecule has 2 aromatic rings. The molecule has 1 amide bonds. The van der Waals surface area contributed by atoms with Crippen LogP contribution in [0.2, 0.25) is 0 Å². The quantitative estimate of drug-likeness (QED) is 0.655. The zero-order valence-corrected chi connectivity index (χ0v) is 19.0. The van der Waals surface area contributed by atoms with Gasteiger partial charge >= 0.3 is 0 Å². The van der Waals surface area contributed by atoms with E-state index in [9.17, 15) is 13.2 Å². The largest absolute Gasteiger partial charge is 0.496 e. The molecule has 2 saturated heterocycles. The van der Waals surface area contributed by atoms with E-state index in [0.717, 1.165) is 17.0 Å². The van der Waals surface area contributed by atoms with Crippen LogP contribution in [-0.2, 0) is 21.1 Å². The van der Waals surface area contributed by atoms with Crippen LogP contribution in [0.15, 0.2) is 53.5 Å². The Morgan fingerprint density at radius 1 is 1.16 bits per heavy atom. The second kappa shape index (κ2) is 8.92. The number of rotatable bonds is 6. The summed E-state index contributed by atoms with van der Waals surface area (Å²) in [6, 6.07) is 14.5. The maximum absolute atomic E-state index is 12.8. The smallest absolute Gasteiger partial charge is 0.252 e. The molecule has 7 nitrogen and oxygen atoms in total. The van der Waals surface area contributed by atoms with Crippen LogP contribution in [0, 0.1) is 0 Å². The number of fused-ring (bicyclic) bond motifs is 1. The topological polar surface area (TPSA) is 85.3 Å².